The molecule has 1 heterocycles. The standard InChI is InChI=1S/C13H26O3/c1-4-8-12-9-7-11-16-13(12,14-6-3)15-10-5-2/h12H,4-11H2,1-3H3. The summed E-state index contributed by atoms with van der Waals surface area (Å²) in [5.41, 5.74) is 0. The van der Waals surface area contributed by atoms with Crippen LogP contribution in [0, 0.1) is 5.92 Å². The molecule has 0 bridgehead atoms. The highest BCUT2D eigenvalue weighted by Gasteiger charge is 2.43. The Hall–Kier alpha value is -0.120. The zero-order valence-corrected chi connectivity index (χ0v) is 11.0. The molecule has 3 nitrogen and oxygen atoms in total. The first-order valence-corrected chi connectivity index (χ1v) is 6.70. The zero-order chi connectivity index (χ0) is 11.9. The van der Waals surface area contributed by atoms with Crippen LogP contribution in [0.3, 0.4) is 0 Å². The molecule has 3 heteroatoms. The van der Waals surface area contributed by atoms with E-state index in [1.165, 1.54) is 0 Å². The number of ether oxygens (including phenoxy) is 3. The van der Waals surface area contributed by atoms with Crippen molar-refractivity contribution >= 4 is 0 Å². The van der Waals surface area contributed by atoms with Crippen molar-refractivity contribution in [2.75, 3.05) is 19.8 Å². The fourth-order valence-corrected chi connectivity index (χ4v) is 2.31. The number of rotatable bonds is 7. The maximum atomic E-state index is 5.88. The summed E-state index contributed by atoms with van der Waals surface area (Å²) < 4.78 is 17.5. The van der Waals surface area contributed by atoms with E-state index in [4.69, 9.17) is 14.2 Å². The Bertz CT molecular complexity index is 178. The molecule has 1 saturated heterocycles. The summed E-state index contributed by atoms with van der Waals surface area (Å²) in [6.45, 7) is 8.41. The Kier molecular flexibility index (Phi) is 6.32. The zero-order valence-electron chi connectivity index (χ0n) is 11.0. The van der Waals surface area contributed by atoms with E-state index in [1.807, 2.05) is 6.92 Å². The number of hydrogen-bond donors (Lipinski definition) is 0. The van der Waals surface area contributed by atoms with Gasteiger partial charge in [0.15, 0.2) is 0 Å². The minimum absolute atomic E-state index is 0.387. The van der Waals surface area contributed by atoms with Gasteiger partial charge in [-0.3, -0.25) is 0 Å². The quantitative estimate of drug-likeness (QED) is 0.628. The van der Waals surface area contributed by atoms with Gasteiger partial charge < -0.3 is 14.2 Å². The Labute approximate surface area is 99.5 Å². The summed E-state index contributed by atoms with van der Waals surface area (Å²) in [5, 5.41) is 0. The molecule has 0 radical (unpaired) electrons. The molecule has 1 aliphatic rings. The van der Waals surface area contributed by atoms with Crippen molar-refractivity contribution in [3.8, 4) is 0 Å². The van der Waals surface area contributed by atoms with Crippen LogP contribution in [-0.4, -0.2) is 25.8 Å². The van der Waals surface area contributed by atoms with Gasteiger partial charge in [0.25, 0.3) is 5.97 Å². The second kappa shape index (κ2) is 7.25. The molecule has 16 heavy (non-hydrogen) atoms. The van der Waals surface area contributed by atoms with E-state index >= 15 is 0 Å². The van der Waals surface area contributed by atoms with E-state index in [9.17, 15) is 0 Å². The van der Waals surface area contributed by atoms with Crippen molar-refractivity contribution in [2.45, 2.75) is 58.8 Å². The molecule has 0 N–H and O–H groups in total. The van der Waals surface area contributed by atoms with Gasteiger partial charge in [-0.1, -0.05) is 20.3 Å². The Morgan fingerprint density at radius 2 is 2.00 bits per heavy atom. The lowest BCUT2D eigenvalue weighted by Crippen LogP contribution is -2.49. The monoisotopic (exact) mass is 230 g/mol. The van der Waals surface area contributed by atoms with Crippen LogP contribution in [0.15, 0.2) is 0 Å². The fraction of sp³-hybridized carbons (Fsp3) is 1.00. The van der Waals surface area contributed by atoms with E-state index in [2.05, 4.69) is 13.8 Å². The van der Waals surface area contributed by atoms with Crippen molar-refractivity contribution in [2.24, 2.45) is 5.92 Å². The van der Waals surface area contributed by atoms with Crippen LogP contribution in [-0.2, 0) is 14.2 Å². The van der Waals surface area contributed by atoms with Crippen molar-refractivity contribution in [1.29, 1.82) is 0 Å². The van der Waals surface area contributed by atoms with Crippen LogP contribution in [0.1, 0.15) is 52.9 Å². The highest BCUT2D eigenvalue weighted by atomic mass is 16.9. The van der Waals surface area contributed by atoms with Crippen molar-refractivity contribution < 1.29 is 14.2 Å². The maximum absolute atomic E-state index is 5.88. The van der Waals surface area contributed by atoms with Gasteiger partial charge in [0.05, 0.1) is 13.2 Å². The third-order valence-corrected chi connectivity index (χ3v) is 2.99. The van der Waals surface area contributed by atoms with Gasteiger partial charge in [0, 0.05) is 12.5 Å². The van der Waals surface area contributed by atoms with E-state index < -0.39 is 5.97 Å². The predicted octanol–water partition coefficient (Wildman–Crippen LogP) is 3.33. The summed E-state index contributed by atoms with van der Waals surface area (Å²) in [4.78, 5) is 0. The number of hydrogen-bond acceptors (Lipinski definition) is 3. The third-order valence-electron chi connectivity index (χ3n) is 2.99. The molecular weight excluding hydrogens is 204 g/mol. The summed E-state index contributed by atoms with van der Waals surface area (Å²) >= 11 is 0. The molecule has 0 aromatic carbocycles. The minimum Gasteiger partial charge on any atom is -0.328 e. The average molecular weight is 230 g/mol. The van der Waals surface area contributed by atoms with Gasteiger partial charge in [-0.2, -0.15) is 0 Å². The normalized spacial score (nSPS) is 30.6. The molecule has 0 saturated carbocycles. The molecule has 96 valence electrons. The van der Waals surface area contributed by atoms with Gasteiger partial charge in [-0.25, -0.2) is 0 Å². The van der Waals surface area contributed by atoms with Crippen molar-refractivity contribution in [3.63, 3.8) is 0 Å². The summed E-state index contributed by atoms with van der Waals surface area (Å²) in [5.74, 6) is -0.364. The molecule has 0 spiro atoms. The lowest BCUT2D eigenvalue weighted by molar-refractivity contribution is -0.416. The van der Waals surface area contributed by atoms with E-state index in [-0.39, 0.29) is 0 Å². The van der Waals surface area contributed by atoms with Gasteiger partial charge in [0.1, 0.15) is 0 Å². The van der Waals surface area contributed by atoms with Gasteiger partial charge in [-0.05, 0) is 32.6 Å². The molecule has 1 aliphatic heterocycles. The van der Waals surface area contributed by atoms with Gasteiger partial charge in [0.2, 0.25) is 0 Å². The molecular formula is C13H26O3. The molecule has 1 fully saturated rings. The lowest BCUT2D eigenvalue weighted by atomic mass is 9.93. The van der Waals surface area contributed by atoms with Crippen LogP contribution in [0.4, 0.5) is 0 Å². The molecule has 0 aliphatic carbocycles. The van der Waals surface area contributed by atoms with Crippen molar-refractivity contribution in [3.05, 3.63) is 0 Å². The Morgan fingerprint density at radius 1 is 1.19 bits per heavy atom. The fourth-order valence-electron chi connectivity index (χ4n) is 2.31. The first-order chi connectivity index (χ1) is 7.79. The molecule has 1 rings (SSSR count). The van der Waals surface area contributed by atoms with Crippen LogP contribution < -0.4 is 0 Å². The maximum Gasteiger partial charge on any atom is 0.285 e. The third kappa shape index (κ3) is 3.44. The van der Waals surface area contributed by atoms with Gasteiger partial charge >= 0.3 is 0 Å². The van der Waals surface area contributed by atoms with E-state index in [0.717, 1.165) is 38.7 Å². The van der Waals surface area contributed by atoms with Crippen molar-refractivity contribution in [1.82, 2.24) is 0 Å². The Morgan fingerprint density at radius 3 is 2.62 bits per heavy atom. The second-order valence-corrected chi connectivity index (χ2v) is 4.36. The molecule has 2 atom stereocenters. The molecule has 0 amide bonds. The molecule has 0 aromatic rings. The van der Waals surface area contributed by atoms with Crippen LogP contribution in [0.5, 0.6) is 0 Å². The second-order valence-electron chi connectivity index (χ2n) is 4.36. The topological polar surface area (TPSA) is 27.7 Å². The largest absolute Gasteiger partial charge is 0.328 e. The molecule has 2 unspecified atom stereocenters. The highest BCUT2D eigenvalue weighted by Crippen LogP contribution is 2.36. The first kappa shape index (κ1) is 13.9. The summed E-state index contributed by atoms with van der Waals surface area (Å²) in [6, 6.07) is 0. The summed E-state index contributed by atoms with van der Waals surface area (Å²) in [6.07, 6.45) is 5.53. The Balaban J connectivity index is 2.66. The van der Waals surface area contributed by atoms with Crippen LogP contribution in [0.2, 0.25) is 0 Å². The van der Waals surface area contributed by atoms with Crippen LogP contribution in [0.25, 0.3) is 0 Å². The SMILES string of the molecule is CCCOC1(OCC)OCCCC1CCC. The minimum atomic E-state index is -0.751. The smallest absolute Gasteiger partial charge is 0.285 e. The predicted molar refractivity (Wildman–Crippen MR) is 64.2 cm³/mol. The highest BCUT2D eigenvalue weighted by molar-refractivity contribution is 4.75. The lowest BCUT2D eigenvalue weighted by Gasteiger charge is -2.42. The molecule has 0 aromatic heterocycles. The summed E-state index contributed by atoms with van der Waals surface area (Å²) in [7, 11) is 0. The van der Waals surface area contributed by atoms with Gasteiger partial charge in [-0.15, -0.1) is 0 Å². The van der Waals surface area contributed by atoms with Crippen LogP contribution >= 0.6 is 0 Å². The first-order valence-electron chi connectivity index (χ1n) is 6.70. The van der Waals surface area contributed by atoms with E-state index in [1.54, 1.807) is 0 Å². The van der Waals surface area contributed by atoms with E-state index in [0.29, 0.717) is 19.1 Å². The average Bonchev–Trinajstić information content (AvgIpc) is 2.30.